The van der Waals surface area contributed by atoms with Crippen molar-refractivity contribution in [3.63, 3.8) is 0 Å². The number of ether oxygens (including phenoxy) is 1. The van der Waals surface area contributed by atoms with Gasteiger partial charge >= 0.3 is 0 Å². The first-order chi connectivity index (χ1) is 8.08. The Hall–Kier alpha value is -1.68. The van der Waals surface area contributed by atoms with Gasteiger partial charge in [0.25, 0.3) is 0 Å². The molecule has 0 saturated heterocycles. The lowest BCUT2D eigenvalue weighted by Crippen LogP contribution is -1.97. The third kappa shape index (κ3) is 2.53. The molecule has 0 unspecified atom stereocenters. The smallest absolute Gasteiger partial charge is 0.242 e. The summed E-state index contributed by atoms with van der Waals surface area (Å²) < 4.78 is 18.2. The van der Waals surface area contributed by atoms with E-state index in [1.807, 2.05) is 13.8 Å². The number of rotatable bonds is 2. The zero-order valence-electron chi connectivity index (χ0n) is 9.37. The quantitative estimate of drug-likeness (QED) is 0.818. The summed E-state index contributed by atoms with van der Waals surface area (Å²) in [5.41, 5.74) is 1.63. The van der Waals surface area contributed by atoms with Crippen LogP contribution in [-0.4, -0.2) is 10.2 Å². The van der Waals surface area contributed by atoms with Crippen molar-refractivity contribution in [2.75, 3.05) is 0 Å². The van der Waals surface area contributed by atoms with Crippen LogP contribution in [0.5, 0.6) is 11.6 Å². The largest absolute Gasteiger partial charge is 0.437 e. The minimum absolute atomic E-state index is 0.313. The van der Waals surface area contributed by atoms with Crippen molar-refractivity contribution in [3.8, 4) is 11.6 Å². The molecular formula is C12H10ClFN2O. The zero-order valence-corrected chi connectivity index (χ0v) is 10.1. The molecule has 5 heteroatoms. The number of hydrogen-bond donors (Lipinski definition) is 0. The van der Waals surface area contributed by atoms with Gasteiger partial charge in [-0.25, -0.2) is 4.39 Å². The summed E-state index contributed by atoms with van der Waals surface area (Å²) in [6.45, 7) is 3.68. The van der Waals surface area contributed by atoms with E-state index in [9.17, 15) is 4.39 Å². The van der Waals surface area contributed by atoms with Crippen LogP contribution < -0.4 is 4.74 Å². The first-order valence-corrected chi connectivity index (χ1v) is 5.38. The van der Waals surface area contributed by atoms with E-state index < -0.39 is 0 Å². The maximum atomic E-state index is 12.7. The standard InChI is InChI=1S/C12H10ClFN2O/c1-7-8(2)12(16-15-11(7)13)17-10-5-3-9(14)4-6-10/h3-6H,1-2H3. The Bertz CT molecular complexity index is 543. The lowest BCUT2D eigenvalue weighted by Gasteiger charge is -2.09. The van der Waals surface area contributed by atoms with Crippen molar-refractivity contribution in [2.45, 2.75) is 13.8 Å². The molecule has 1 aromatic carbocycles. The monoisotopic (exact) mass is 252 g/mol. The van der Waals surface area contributed by atoms with Gasteiger partial charge in [-0.1, -0.05) is 11.6 Å². The first-order valence-electron chi connectivity index (χ1n) is 5.00. The normalized spacial score (nSPS) is 10.4. The lowest BCUT2D eigenvalue weighted by atomic mass is 10.2. The van der Waals surface area contributed by atoms with E-state index in [-0.39, 0.29) is 5.82 Å². The van der Waals surface area contributed by atoms with Crippen LogP contribution in [0.3, 0.4) is 0 Å². The molecule has 0 amide bonds. The topological polar surface area (TPSA) is 35.0 Å². The average molecular weight is 253 g/mol. The van der Waals surface area contributed by atoms with Gasteiger partial charge in [0.05, 0.1) is 0 Å². The van der Waals surface area contributed by atoms with Gasteiger partial charge in [-0.3, -0.25) is 0 Å². The van der Waals surface area contributed by atoms with Crippen molar-refractivity contribution in [1.29, 1.82) is 0 Å². The molecule has 0 spiro atoms. The molecule has 0 aliphatic heterocycles. The van der Waals surface area contributed by atoms with Crippen LogP contribution >= 0.6 is 11.6 Å². The Morgan fingerprint density at radius 3 is 2.35 bits per heavy atom. The number of halogens is 2. The van der Waals surface area contributed by atoms with E-state index in [1.165, 1.54) is 24.3 Å². The first kappa shape index (κ1) is 11.8. The van der Waals surface area contributed by atoms with E-state index in [4.69, 9.17) is 16.3 Å². The molecule has 0 atom stereocenters. The molecule has 1 heterocycles. The summed E-state index contributed by atoms with van der Waals surface area (Å²) in [7, 11) is 0. The van der Waals surface area contributed by atoms with Crippen LogP contribution in [0.1, 0.15) is 11.1 Å². The molecule has 2 rings (SSSR count). The molecule has 0 aliphatic carbocycles. The predicted molar refractivity (Wildman–Crippen MR) is 63.0 cm³/mol. The summed E-state index contributed by atoms with van der Waals surface area (Å²) in [5, 5.41) is 7.98. The molecule has 1 aromatic heterocycles. The highest BCUT2D eigenvalue weighted by Crippen LogP contribution is 2.26. The molecule has 0 fully saturated rings. The average Bonchev–Trinajstić information content (AvgIpc) is 2.33. The second kappa shape index (κ2) is 4.67. The van der Waals surface area contributed by atoms with Crippen LogP contribution in [-0.2, 0) is 0 Å². The van der Waals surface area contributed by atoms with Crippen LogP contribution in [0.4, 0.5) is 4.39 Å². The minimum Gasteiger partial charge on any atom is -0.437 e. The van der Waals surface area contributed by atoms with Crippen LogP contribution in [0.25, 0.3) is 0 Å². The highest BCUT2D eigenvalue weighted by molar-refractivity contribution is 6.30. The highest BCUT2D eigenvalue weighted by atomic mass is 35.5. The fraction of sp³-hybridized carbons (Fsp3) is 0.167. The molecule has 0 aliphatic rings. The molecule has 2 aromatic rings. The molecule has 3 nitrogen and oxygen atoms in total. The van der Waals surface area contributed by atoms with Gasteiger partial charge in [0.1, 0.15) is 11.6 Å². The fourth-order valence-electron chi connectivity index (χ4n) is 1.27. The van der Waals surface area contributed by atoms with Crippen LogP contribution in [0, 0.1) is 19.7 Å². The van der Waals surface area contributed by atoms with Gasteiger partial charge < -0.3 is 4.74 Å². The number of benzene rings is 1. The Kier molecular flexibility index (Phi) is 3.24. The van der Waals surface area contributed by atoms with Gasteiger partial charge in [0.15, 0.2) is 5.15 Å². The molecular weight excluding hydrogens is 243 g/mol. The van der Waals surface area contributed by atoms with Gasteiger partial charge in [-0.05, 0) is 43.7 Å². The van der Waals surface area contributed by atoms with E-state index in [1.54, 1.807) is 0 Å². The maximum Gasteiger partial charge on any atom is 0.242 e. The van der Waals surface area contributed by atoms with Crippen LogP contribution in [0.15, 0.2) is 24.3 Å². The molecule has 0 saturated carbocycles. The molecule has 0 bridgehead atoms. The third-order valence-corrected chi connectivity index (χ3v) is 2.81. The van der Waals surface area contributed by atoms with E-state index in [2.05, 4.69) is 10.2 Å². The molecule has 0 radical (unpaired) electrons. The predicted octanol–water partition coefficient (Wildman–Crippen LogP) is 3.68. The maximum absolute atomic E-state index is 12.7. The Balaban J connectivity index is 2.30. The second-order valence-corrected chi connectivity index (χ2v) is 3.96. The Morgan fingerprint density at radius 1 is 1.06 bits per heavy atom. The SMILES string of the molecule is Cc1c(Cl)nnc(Oc2ccc(F)cc2)c1C. The van der Waals surface area contributed by atoms with Crippen molar-refractivity contribution in [3.05, 3.63) is 46.4 Å². The summed E-state index contributed by atoms with van der Waals surface area (Å²) in [6.07, 6.45) is 0. The van der Waals surface area contributed by atoms with Gasteiger partial charge in [-0.15, -0.1) is 10.2 Å². The van der Waals surface area contributed by atoms with E-state index in [0.29, 0.717) is 16.8 Å². The Morgan fingerprint density at radius 2 is 1.71 bits per heavy atom. The highest BCUT2D eigenvalue weighted by Gasteiger charge is 2.09. The van der Waals surface area contributed by atoms with E-state index in [0.717, 1.165) is 11.1 Å². The minimum atomic E-state index is -0.313. The summed E-state index contributed by atoms with van der Waals surface area (Å²) >= 11 is 5.83. The number of hydrogen-bond acceptors (Lipinski definition) is 3. The van der Waals surface area contributed by atoms with Crippen molar-refractivity contribution < 1.29 is 9.13 Å². The summed E-state index contributed by atoms with van der Waals surface area (Å²) in [5.74, 6) is 0.566. The molecule has 17 heavy (non-hydrogen) atoms. The fourth-order valence-corrected chi connectivity index (χ4v) is 1.45. The van der Waals surface area contributed by atoms with E-state index >= 15 is 0 Å². The second-order valence-electron chi connectivity index (χ2n) is 3.60. The third-order valence-electron chi connectivity index (χ3n) is 2.45. The zero-order chi connectivity index (χ0) is 12.4. The summed E-state index contributed by atoms with van der Waals surface area (Å²) in [4.78, 5) is 0. The molecule has 0 N–H and O–H groups in total. The van der Waals surface area contributed by atoms with Gasteiger partial charge in [-0.2, -0.15) is 0 Å². The van der Waals surface area contributed by atoms with Crippen molar-refractivity contribution in [1.82, 2.24) is 10.2 Å². The van der Waals surface area contributed by atoms with Crippen molar-refractivity contribution in [2.24, 2.45) is 0 Å². The van der Waals surface area contributed by atoms with Gasteiger partial charge in [0.2, 0.25) is 5.88 Å². The number of nitrogens with zero attached hydrogens (tertiary/aromatic N) is 2. The lowest BCUT2D eigenvalue weighted by molar-refractivity contribution is 0.449. The summed E-state index contributed by atoms with van der Waals surface area (Å²) in [6, 6.07) is 5.70. The van der Waals surface area contributed by atoms with Crippen molar-refractivity contribution >= 4 is 11.6 Å². The number of aromatic nitrogens is 2. The van der Waals surface area contributed by atoms with Crippen LogP contribution in [0.2, 0.25) is 5.15 Å². The Labute approximate surface area is 103 Å². The van der Waals surface area contributed by atoms with Gasteiger partial charge in [0, 0.05) is 5.56 Å². The molecule has 88 valence electrons.